The number of rotatable bonds is 7. The molecule has 1 saturated carbocycles. The van der Waals surface area contributed by atoms with Crippen molar-refractivity contribution < 1.29 is 27.9 Å². The predicted octanol–water partition coefficient (Wildman–Crippen LogP) is 7.06. The van der Waals surface area contributed by atoms with E-state index in [-0.39, 0.29) is 16.3 Å². The summed E-state index contributed by atoms with van der Waals surface area (Å²) in [6.45, 7) is 0. The van der Waals surface area contributed by atoms with Crippen molar-refractivity contribution in [3.8, 4) is 0 Å². The first-order chi connectivity index (χ1) is 15.2. The highest BCUT2D eigenvalue weighted by Gasteiger charge is 2.67. The van der Waals surface area contributed by atoms with Crippen LogP contribution < -0.4 is 5.32 Å². The van der Waals surface area contributed by atoms with Gasteiger partial charge in [-0.2, -0.15) is 13.2 Å². The maximum Gasteiger partial charge on any atom is 0.414 e. The molecule has 0 bridgehead atoms. The van der Waals surface area contributed by atoms with E-state index < -0.39 is 53.0 Å². The van der Waals surface area contributed by atoms with Crippen LogP contribution in [-0.2, 0) is 4.79 Å². The number of carbonyl (C=O) groups excluding carboxylic acids is 2. The number of aliphatic hydroxyl groups excluding tert-OH is 1. The van der Waals surface area contributed by atoms with Crippen molar-refractivity contribution in [2.45, 2.75) is 35.4 Å². The van der Waals surface area contributed by atoms with E-state index in [1.54, 1.807) is 12.1 Å². The lowest BCUT2D eigenvalue weighted by atomic mass is 10.0. The zero-order valence-corrected chi connectivity index (χ0v) is 20.2. The SMILES string of the molecule is O=C(CCC(O)C(F)(F)F)c1cc(NC(=O)C2C(c3cc(Cl)cc(Cl)c3)C2(Cl)Cl)ccc1Cl. The molecule has 2 aromatic rings. The molecule has 0 heterocycles. The van der Waals surface area contributed by atoms with Gasteiger partial charge in [0.15, 0.2) is 5.78 Å². The molecular formula is C21H15Cl5F3NO3. The standard InChI is InChI=1S/C21H15Cl5F3NO3/c22-10-5-9(6-11(23)7-10)17-18(20(17,25)26)19(33)30-12-1-2-14(24)13(8-12)15(31)3-4-16(32)21(27,28)29/h1-2,5-8,16-18,32H,3-4H2,(H,30,33). The fraction of sp³-hybridized carbons (Fsp3) is 0.333. The molecule has 4 nitrogen and oxygen atoms in total. The second kappa shape index (κ2) is 9.80. The summed E-state index contributed by atoms with van der Waals surface area (Å²) in [6.07, 6.45) is -8.87. The first-order valence-corrected chi connectivity index (χ1v) is 11.3. The number of carbonyl (C=O) groups is 2. The molecule has 1 aliphatic rings. The fourth-order valence-electron chi connectivity index (χ4n) is 3.43. The molecule has 0 saturated heterocycles. The summed E-state index contributed by atoms with van der Waals surface area (Å²) in [6, 6.07) is 8.69. The molecule has 0 aromatic heterocycles. The number of amides is 1. The molecule has 178 valence electrons. The van der Waals surface area contributed by atoms with Gasteiger partial charge in [-0.3, -0.25) is 9.59 Å². The van der Waals surface area contributed by atoms with Gasteiger partial charge in [-0.05, 0) is 48.4 Å². The molecule has 3 rings (SSSR count). The van der Waals surface area contributed by atoms with Crippen LogP contribution in [0.25, 0.3) is 0 Å². The first kappa shape index (κ1) is 26.4. The van der Waals surface area contributed by atoms with E-state index in [0.29, 0.717) is 15.6 Å². The quantitative estimate of drug-likeness (QED) is 0.280. The molecule has 1 fully saturated rings. The second-order valence-electron chi connectivity index (χ2n) is 7.54. The summed E-state index contributed by atoms with van der Waals surface area (Å²) >= 11 is 30.7. The Morgan fingerprint density at radius 2 is 1.67 bits per heavy atom. The Balaban J connectivity index is 1.72. The molecular weight excluding hydrogens is 548 g/mol. The molecule has 2 N–H and O–H groups in total. The third-order valence-corrected chi connectivity index (χ3v) is 6.84. The maximum atomic E-state index is 12.8. The van der Waals surface area contributed by atoms with E-state index in [4.69, 9.17) is 63.1 Å². The normalized spacial score (nSPS) is 20.3. The molecule has 0 spiro atoms. The summed E-state index contributed by atoms with van der Waals surface area (Å²) in [5.41, 5.74) is 0.650. The number of alkyl halides is 5. The lowest BCUT2D eigenvalue weighted by molar-refractivity contribution is -0.204. The number of ketones is 1. The zero-order valence-electron chi connectivity index (χ0n) is 16.4. The van der Waals surface area contributed by atoms with E-state index in [2.05, 4.69) is 5.32 Å². The average Bonchev–Trinajstić information content (AvgIpc) is 3.28. The lowest BCUT2D eigenvalue weighted by Crippen LogP contribution is -2.29. The number of aliphatic hydroxyl groups is 1. The number of Topliss-reactive ketones (excluding diaryl/α,β-unsaturated/α-hetero) is 1. The van der Waals surface area contributed by atoms with Crippen molar-refractivity contribution in [3.63, 3.8) is 0 Å². The van der Waals surface area contributed by atoms with Gasteiger partial charge >= 0.3 is 6.18 Å². The van der Waals surface area contributed by atoms with Gasteiger partial charge < -0.3 is 10.4 Å². The fourth-order valence-corrected chi connectivity index (χ4v) is 5.02. The van der Waals surface area contributed by atoms with Crippen LogP contribution in [0.3, 0.4) is 0 Å². The van der Waals surface area contributed by atoms with Crippen LogP contribution in [0.15, 0.2) is 36.4 Å². The van der Waals surface area contributed by atoms with Crippen LogP contribution in [-0.4, -0.2) is 33.4 Å². The van der Waals surface area contributed by atoms with Crippen LogP contribution in [0.4, 0.5) is 18.9 Å². The molecule has 3 atom stereocenters. The van der Waals surface area contributed by atoms with Gasteiger partial charge in [-0.1, -0.05) is 34.8 Å². The van der Waals surface area contributed by atoms with Crippen LogP contribution in [0, 0.1) is 5.92 Å². The van der Waals surface area contributed by atoms with E-state index in [1.807, 2.05) is 0 Å². The molecule has 12 heteroatoms. The highest BCUT2D eigenvalue weighted by Crippen LogP contribution is 2.65. The molecule has 1 amide bonds. The minimum Gasteiger partial charge on any atom is -0.384 e. The smallest absolute Gasteiger partial charge is 0.384 e. The van der Waals surface area contributed by atoms with Crippen molar-refractivity contribution in [1.29, 1.82) is 0 Å². The van der Waals surface area contributed by atoms with Crippen molar-refractivity contribution in [2.75, 3.05) is 5.32 Å². The van der Waals surface area contributed by atoms with Crippen LogP contribution in [0.2, 0.25) is 15.1 Å². The van der Waals surface area contributed by atoms with Gasteiger partial charge in [0, 0.05) is 33.6 Å². The van der Waals surface area contributed by atoms with E-state index in [0.717, 1.165) is 0 Å². The molecule has 0 radical (unpaired) electrons. The summed E-state index contributed by atoms with van der Waals surface area (Å²) in [4.78, 5) is 25.2. The van der Waals surface area contributed by atoms with Gasteiger partial charge in [-0.25, -0.2) is 0 Å². The number of halogens is 8. The Morgan fingerprint density at radius 3 is 2.24 bits per heavy atom. The van der Waals surface area contributed by atoms with Crippen molar-refractivity contribution in [2.24, 2.45) is 5.92 Å². The van der Waals surface area contributed by atoms with Crippen molar-refractivity contribution in [1.82, 2.24) is 0 Å². The number of benzene rings is 2. The minimum atomic E-state index is -4.83. The Hall–Kier alpha value is -1.22. The molecule has 3 unspecified atom stereocenters. The zero-order chi connectivity index (χ0) is 24.7. The second-order valence-corrected chi connectivity index (χ2v) is 10.3. The number of anilines is 1. The molecule has 0 aliphatic heterocycles. The van der Waals surface area contributed by atoms with E-state index in [1.165, 1.54) is 24.3 Å². The van der Waals surface area contributed by atoms with E-state index >= 15 is 0 Å². The third-order valence-electron chi connectivity index (χ3n) is 5.14. The summed E-state index contributed by atoms with van der Waals surface area (Å²) in [7, 11) is 0. The van der Waals surface area contributed by atoms with Crippen LogP contribution in [0.1, 0.15) is 34.7 Å². The predicted molar refractivity (Wildman–Crippen MR) is 123 cm³/mol. The third kappa shape index (κ3) is 6.08. The van der Waals surface area contributed by atoms with Crippen LogP contribution >= 0.6 is 58.0 Å². The van der Waals surface area contributed by atoms with Gasteiger partial charge in [0.25, 0.3) is 0 Å². The monoisotopic (exact) mass is 561 g/mol. The van der Waals surface area contributed by atoms with Crippen LogP contribution in [0.5, 0.6) is 0 Å². The highest BCUT2D eigenvalue weighted by molar-refractivity contribution is 6.53. The molecule has 1 aliphatic carbocycles. The van der Waals surface area contributed by atoms with Crippen molar-refractivity contribution in [3.05, 3.63) is 62.6 Å². The maximum absolute atomic E-state index is 12.8. The highest BCUT2D eigenvalue weighted by atomic mass is 35.5. The number of hydrogen-bond acceptors (Lipinski definition) is 3. The number of hydrogen-bond donors (Lipinski definition) is 2. The Bertz CT molecular complexity index is 1070. The Morgan fingerprint density at radius 1 is 1.06 bits per heavy atom. The Labute approximate surface area is 211 Å². The van der Waals surface area contributed by atoms with Crippen molar-refractivity contribution >= 4 is 75.4 Å². The Kier molecular flexibility index (Phi) is 7.83. The summed E-state index contributed by atoms with van der Waals surface area (Å²) in [5, 5.41) is 12.4. The first-order valence-electron chi connectivity index (χ1n) is 9.44. The van der Waals surface area contributed by atoms with Gasteiger partial charge in [0.2, 0.25) is 5.91 Å². The lowest BCUT2D eigenvalue weighted by Gasteiger charge is -2.14. The van der Waals surface area contributed by atoms with Gasteiger partial charge in [0.1, 0.15) is 10.4 Å². The minimum absolute atomic E-state index is 0.0126. The van der Waals surface area contributed by atoms with Gasteiger partial charge in [-0.15, -0.1) is 23.2 Å². The molecule has 33 heavy (non-hydrogen) atoms. The molecule has 2 aromatic carbocycles. The summed E-state index contributed by atoms with van der Waals surface area (Å²) in [5.74, 6) is -2.71. The van der Waals surface area contributed by atoms with E-state index in [9.17, 15) is 22.8 Å². The summed E-state index contributed by atoms with van der Waals surface area (Å²) < 4.78 is 36.0. The topological polar surface area (TPSA) is 66.4 Å². The van der Waals surface area contributed by atoms with Gasteiger partial charge in [0.05, 0.1) is 10.9 Å². The average molecular weight is 564 g/mol. The number of nitrogens with one attached hydrogen (secondary N) is 1. The largest absolute Gasteiger partial charge is 0.414 e.